The van der Waals surface area contributed by atoms with Gasteiger partial charge in [0.1, 0.15) is 13.2 Å². The zero-order valence-corrected chi connectivity index (χ0v) is 42.9. The summed E-state index contributed by atoms with van der Waals surface area (Å²) in [5.74, 6) is -1.07. The Morgan fingerprint density at radius 2 is 0.597 bits per heavy atom. The van der Waals surface area contributed by atoms with Crippen molar-refractivity contribution in [2.45, 2.75) is 219 Å². The maximum Gasteiger partial charge on any atom is 0.306 e. The Hall–Kier alpha value is -4.45. The van der Waals surface area contributed by atoms with Gasteiger partial charge in [-0.15, -0.1) is 0 Å². The molecule has 67 heavy (non-hydrogen) atoms. The van der Waals surface area contributed by atoms with Crippen LogP contribution in [0.2, 0.25) is 0 Å². The monoisotopic (exact) mass is 925 g/mol. The van der Waals surface area contributed by atoms with Gasteiger partial charge in [-0.2, -0.15) is 0 Å². The van der Waals surface area contributed by atoms with Gasteiger partial charge in [0, 0.05) is 19.3 Å². The molecule has 0 amide bonds. The van der Waals surface area contributed by atoms with Gasteiger partial charge < -0.3 is 14.2 Å². The highest BCUT2D eigenvalue weighted by molar-refractivity contribution is 5.71. The first-order valence-electron chi connectivity index (χ1n) is 26.7. The number of carbonyl (C=O) groups is 3. The predicted octanol–water partition coefficient (Wildman–Crippen LogP) is 17.9. The average Bonchev–Trinajstić information content (AvgIpc) is 3.33. The first-order valence-corrected chi connectivity index (χ1v) is 26.7. The van der Waals surface area contributed by atoms with E-state index in [0.29, 0.717) is 19.3 Å². The van der Waals surface area contributed by atoms with E-state index in [1.807, 2.05) is 0 Å². The average molecular weight is 925 g/mol. The number of carbonyl (C=O) groups excluding carboxylic acids is 3. The molecule has 0 unspecified atom stereocenters. The Kier molecular flexibility index (Phi) is 50.6. The summed E-state index contributed by atoms with van der Waals surface area (Å²) in [5.41, 5.74) is 0. The molecule has 0 aliphatic rings. The predicted molar refractivity (Wildman–Crippen MR) is 288 cm³/mol. The van der Waals surface area contributed by atoms with Crippen molar-refractivity contribution in [3.05, 3.63) is 134 Å². The topological polar surface area (TPSA) is 78.9 Å². The van der Waals surface area contributed by atoms with Crippen LogP contribution in [-0.2, 0) is 28.6 Å². The minimum Gasteiger partial charge on any atom is -0.462 e. The number of rotatable bonds is 46. The van der Waals surface area contributed by atoms with Crippen molar-refractivity contribution in [2.24, 2.45) is 0 Å². The third kappa shape index (κ3) is 52.4. The number of hydrogen-bond acceptors (Lipinski definition) is 6. The Morgan fingerprint density at radius 3 is 0.970 bits per heavy atom. The lowest BCUT2D eigenvalue weighted by molar-refractivity contribution is -0.167. The molecule has 0 rings (SSSR count). The summed E-state index contributed by atoms with van der Waals surface area (Å²) in [5, 5.41) is 0. The second-order valence-corrected chi connectivity index (χ2v) is 17.0. The maximum atomic E-state index is 12.8. The van der Waals surface area contributed by atoms with Crippen LogP contribution in [0.5, 0.6) is 0 Å². The van der Waals surface area contributed by atoms with Crippen molar-refractivity contribution in [3.63, 3.8) is 0 Å². The van der Waals surface area contributed by atoms with Gasteiger partial charge in [0.05, 0.1) is 0 Å². The summed E-state index contributed by atoms with van der Waals surface area (Å²) >= 11 is 0. The van der Waals surface area contributed by atoms with Crippen molar-refractivity contribution in [3.8, 4) is 0 Å². The summed E-state index contributed by atoms with van der Waals surface area (Å²) in [7, 11) is 0. The van der Waals surface area contributed by atoms with Gasteiger partial charge in [-0.25, -0.2) is 0 Å². The van der Waals surface area contributed by atoms with Crippen LogP contribution < -0.4 is 0 Å². The molecule has 376 valence electrons. The van der Waals surface area contributed by atoms with Gasteiger partial charge in [0.15, 0.2) is 6.10 Å². The second kappa shape index (κ2) is 54.2. The molecule has 6 nitrogen and oxygen atoms in total. The van der Waals surface area contributed by atoms with Crippen LogP contribution >= 0.6 is 0 Å². The van der Waals surface area contributed by atoms with Crippen molar-refractivity contribution in [1.82, 2.24) is 0 Å². The Morgan fingerprint density at radius 1 is 0.313 bits per heavy atom. The lowest BCUT2D eigenvalue weighted by Gasteiger charge is -2.18. The number of esters is 3. The number of allylic oxidation sites excluding steroid dienone is 22. The normalized spacial score (nSPS) is 13.2. The van der Waals surface area contributed by atoms with E-state index in [0.717, 1.165) is 116 Å². The van der Waals surface area contributed by atoms with E-state index in [4.69, 9.17) is 14.2 Å². The largest absolute Gasteiger partial charge is 0.462 e. The number of unbranched alkanes of at least 4 members (excludes halogenated alkanes) is 13. The molecule has 0 radical (unpaired) electrons. The highest BCUT2D eigenvalue weighted by atomic mass is 16.6. The smallest absolute Gasteiger partial charge is 0.306 e. The zero-order valence-electron chi connectivity index (χ0n) is 42.9. The lowest BCUT2D eigenvalue weighted by atomic mass is 10.1. The highest BCUT2D eigenvalue weighted by Gasteiger charge is 2.19. The molecule has 1 atom stereocenters. The fourth-order valence-electron chi connectivity index (χ4n) is 6.68. The molecule has 6 heteroatoms. The van der Waals surface area contributed by atoms with Crippen molar-refractivity contribution in [2.75, 3.05) is 13.2 Å². The highest BCUT2D eigenvalue weighted by Crippen LogP contribution is 2.11. The first kappa shape index (κ1) is 62.5. The zero-order chi connectivity index (χ0) is 48.6. The van der Waals surface area contributed by atoms with E-state index in [-0.39, 0.29) is 44.0 Å². The molecule has 0 aliphatic heterocycles. The number of hydrogen-bond donors (Lipinski definition) is 0. The maximum absolute atomic E-state index is 12.8. The Bertz CT molecular complexity index is 1480. The lowest BCUT2D eigenvalue weighted by Crippen LogP contribution is -2.30. The van der Waals surface area contributed by atoms with Crippen LogP contribution in [0.3, 0.4) is 0 Å². The molecule has 0 saturated heterocycles. The molecule has 0 aliphatic carbocycles. The van der Waals surface area contributed by atoms with Crippen molar-refractivity contribution >= 4 is 17.9 Å². The van der Waals surface area contributed by atoms with E-state index in [1.165, 1.54) is 44.9 Å². The first-order chi connectivity index (χ1) is 33.0. The minimum absolute atomic E-state index is 0.130. The molecule has 0 heterocycles. The van der Waals surface area contributed by atoms with Gasteiger partial charge in [-0.3, -0.25) is 14.4 Å². The summed E-state index contributed by atoms with van der Waals surface area (Å²) in [4.78, 5) is 38.0. The molecule has 0 N–H and O–H groups in total. The van der Waals surface area contributed by atoms with Crippen molar-refractivity contribution < 1.29 is 28.6 Å². The third-order valence-corrected chi connectivity index (χ3v) is 10.6. The van der Waals surface area contributed by atoms with Gasteiger partial charge in [-0.1, -0.05) is 206 Å². The second-order valence-electron chi connectivity index (χ2n) is 17.0. The van der Waals surface area contributed by atoms with Gasteiger partial charge in [-0.05, 0) is 122 Å². The van der Waals surface area contributed by atoms with Crippen LogP contribution in [0.1, 0.15) is 213 Å². The van der Waals surface area contributed by atoms with Crippen molar-refractivity contribution in [1.29, 1.82) is 0 Å². The van der Waals surface area contributed by atoms with Crippen LogP contribution in [0.15, 0.2) is 134 Å². The third-order valence-electron chi connectivity index (χ3n) is 10.6. The van der Waals surface area contributed by atoms with Gasteiger partial charge in [0.2, 0.25) is 0 Å². The molecular formula is C61H96O6. The van der Waals surface area contributed by atoms with Gasteiger partial charge >= 0.3 is 17.9 Å². The SMILES string of the molecule is CC/C=C\C/C=C\C/C=C\C/C=C\C/C=C\CCCC(=O)OC[C@H](COC(=O)CCCCCCC/C=C\C/C=C\C/C=C\CC)OC(=O)CCC/C=C\C/C=C\C/C=C\CCCCCCCC. The summed E-state index contributed by atoms with van der Waals surface area (Å²) in [6.07, 6.45) is 75.9. The van der Waals surface area contributed by atoms with E-state index in [9.17, 15) is 14.4 Å². The molecule has 0 aromatic heterocycles. The minimum atomic E-state index is -0.840. The molecule has 0 fully saturated rings. The fraction of sp³-hybridized carbons (Fsp3) is 0.590. The molecule has 0 saturated carbocycles. The quantitative estimate of drug-likeness (QED) is 0.0262. The van der Waals surface area contributed by atoms with E-state index < -0.39 is 6.10 Å². The summed E-state index contributed by atoms with van der Waals surface area (Å²) in [6.45, 7) is 6.28. The van der Waals surface area contributed by atoms with Crippen LogP contribution in [0.25, 0.3) is 0 Å². The van der Waals surface area contributed by atoms with Crippen LogP contribution in [0, 0.1) is 0 Å². The standard InChI is InChI=1S/C61H96O6/c1-4-7-10-13-16-19-22-25-28-30-33-36-39-42-45-48-51-54-60(63)66-57-58(56-65-59(62)53-50-47-44-41-38-35-32-27-24-21-18-15-12-9-6-3)67-61(64)55-52-49-46-43-40-37-34-31-29-26-23-20-17-14-11-8-5-2/h7,9-10,12,16,18-19,21,25-29,32-34,36-37,42-43,45-46,58H,4-6,8,11,13-15,17,20,22-24,30-31,35,38-41,44,47-57H2,1-3H3/b10-7-,12-9-,19-16-,21-18-,28-25-,29-26-,32-27-,36-33-,37-34-,45-42-,46-43-/t58-/m0/s1. The van der Waals surface area contributed by atoms with Gasteiger partial charge in [0.25, 0.3) is 0 Å². The Labute approximate surface area is 411 Å². The fourth-order valence-corrected chi connectivity index (χ4v) is 6.68. The molecule has 0 spiro atoms. The van der Waals surface area contributed by atoms with E-state index >= 15 is 0 Å². The number of ether oxygens (including phenoxy) is 3. The molecule has 0 bridgehead atoms. The summed E-state index contributed by atoms with van der Waals surface area (Å²) < 4.78 is 16.7. The molecule has 0 aromatic rings. The summed E-state index contributed by atoms with van der Waals surface area (Å²) in [6, 6.07) is 0. The molecule has 0 aromatic carbocycles. The van der Waals surface area contributed by atoms with E-state index in [2.05, 4.69) is 154 Å². The van der Waals surface area contributed by atoms with E-state index in [1.54, 1.807) is 0 Å². The molecular weight excluding hydrogens is 829 g/mol. The van der Waals surface area contributed by atoms with Crippen LogP contribution in [-0.4, -0.2) is 37.2 Å². The van der Waals surface area contributed by atoms with Crippen LogP contribution in [0.4, 0.5) is 0 Å². The Balaban J connectivity index is 4.61.